The van der Waals surface area contributed by atoms with Crippen molar-refractivity contribution in [3.8, 4) is 0 Å². The Bertz CT molecular complexity index is 576. The number of rotatable bonds is 4. The summed E-state index contributed by atoms with van der Waals surface area (Å²) < 4.78 is 10.4. The topological polar surface area (TPSA) is 76.1 Å². The molecule has 2 aliphatic rings. The monoisotopic (exact) mass is 319 g/mol. The van der Waals surface area contributed by atoms with Crippen molar-refractivity contribution in [2.75, 3.05) is 6.61 Å². The van der Waals surface area contributed by atoms with Crippen LogP contribution in [0.4, 0.5) is 4.79 Å². The number of aliphatic hydroxyl groups is 1. The van der Waals surface area contributed by atoms with E-state index >= 15 is 0 Å². The number of carbonyl (C=O) groups excluding carboxylic acids is 2. The van der Waals surface area contributed by atoms with E-state index in [0.717, 1.165) is 5.56 Å². The molecule has 1 aromatic rings. The normalized spacial score (nSPS) is 28.7. The Morgan fingerprint density at radius 1 is 1.22 bits per heavy atom. The number of amides is 1. The van der Waals surface area contributed by atoms with E-state index in [0.29, 0.717) is 12.8 Å². The quantitative estimate of drug-likeness (QED) is 0.855. The molecule has 23 heavy (non-hydrogen) atoms. The summed E-state index contributed by atoms with van der Waals surface area (Å²) in [5.74, 6) is -0.470. The predicted octanol–water partition coefficient (Wildman–Crippen LogP) is 1.71. The maximum absolute atomic E-state index is 12.5. The molecule has 1 saturated carbocycles. The molecule has 4 atom stereocenters. The first-order valence-electron chi connectivity index (χ1n) is 7.95. The van der Waals surface area contributed by atoms with E-state index in [1.807, 2.05) is 30.3 Å². The average Bonchev–Trinajstić information content (AvgIpc) is 3.10. The zero-order valence-corrected chi connectivity index (χ0v) is 13.1. The molecule has 1 heterocycles. The van der Waals surface area contributed by atoms with Crippen LogP contribution >= 0.6 is 0 Å². The van der Waals surface area contributed by atoms with Gasteiger partial charge in [-0.25, -0.2) is 9.59 Å². The highest BCUT2D eigenvalue weighted by Crippen LogP contribution is 2.43. The number of fused-ring (bicyclic) bond motifs is 2. The van der Waals surface area contributed by atoms with Gasteiger partial charge >= 0.3 is 12.1 Å². The van der Waals surface area contributed by atoms with Crippen LogP contribution in [0.5, 0.6) is 0 Å². The fourth-order valence-electron chi connectivity index (χ4n) is 3.60. The fourth-order valence-corrected chi connectivity index (χ4v) is 3.60. The van der Waals surface area contributed by atoms with Gasteiger partial charge in [0.1, 0.15) is 12.6 Å². The number of ether oxygens (including phenoxy) is 2. The van der Waals surface area contributed by atoms with Crippen LogP contribution < -0.4 is 0 Å². The second-order valence-electron chi connectivity index (χ2n) is 6.01. The van der Waals surface area contributed by atoms with Gasteiger partial charge in [0.25, 0.3) is 0 Å². The second-order valence-corrected chi connectivity index (χ2v) is 6.01. The number of esters is 1. The van der Waals surface area contributed by atoms with E-state index in [9.17, 15) is 14.7 Å². The Kier molecular flexibility index (Phi) is 4.52. The third-order valence-corrected chi connectivity index (χ3v) is 4.58. The number of hydrogen-bond acceptors (Lipinski definition) is 5. The Labute approximate surface area is 135 Å². The standard InChI is InChI=1S/C17H21NO5/c1-2-22-16(20)15-12-8-13(14(19)9-12)18(15)17(21)23-10-11-6-4-3-5-7-11/h3-7,12-15,19H,2,8-10H2,1H3/t12-,13?,14+,15+/m1/s1. The minimum absolute atomic E-state index is 0.0571. The van der Waals surface area contributed by atoms with Gasteiger partial charge < -0.3 is 14.6 Å². The number of nitrogens with zero attached hydrogens (tertiary/aromatic N) is 1. The molecule has 3 rings (SSSR count). The minimum Gasteiger partial charge on any atom is -0.464 e. The van der Waals surface area contributed by atoms with Crippen LogP contribution in [0.25, 0.3) is 0 Å². The summed E-state index contributed by atoms with van der Waals surface area (Å²) in [6.07, 6.45) is -0.0325. The van der Waals surface area contributed by atoms with Gasteiger partial charge in [-0.2, -0.15) is 0 Å². The largest absolute Gasteiger partial charge is 0.464 e. The van der Waals surface area contributed by atoms with Crippen molar-refractivity contribution >= 4 is 12.1 Å². The number of benzene rings is 1. The Morgan fingerprint density at radius 2 is 1.96 bits per heavy atom. The SMILES string of the molecule is CCOC(=O)[C@@H]1[C@@H]2CC([C@@H](O)C2)N1C(=O)OCc1ccccc1. The zero-order chi connectivity index (χ0) is 16.4. The molecule has 6 heteroatoms. The number of likely N-dealkylation sites (tertiary alicyclic amines) is 1. The molecule has 1 aromatic carbocycles. The van der Waals surface area contributed by atoms with Crippen molar-refractivity contribution in [3.05, 3.63) is 35.9 Å². The fraction of sp³-hybridized carbons (Fsp3) is 0.529. The second kappa shape index (κ2) is 6.58. The third kappa shape index (κ3) is 3.03. The lowest BCUT2D eigenvalue weighted by molar-refractivity contribution is -0.151. The van der Waals surface area contributed by atoms with E-state index in [1.54, 1.807) is 6.92 Å². The Balaban J connectivity index is 1.70. The molecule has 1 saturated heterocycles. The average molecular weight is 319 g/mol. The van der Waals surface area contributed by atoms with Crippen LogP contribution in [0.3, 0.4) is 0 Å². The van der Waals surface area contributed by atoms with E-state index in [1.165, 1.54) is 4.90 Å². The minimum atomic E-state index is -0.647. The summed E-state index contributed by atoms with van der Waals surface area (Å²) >= 11 is 0. The summed E-state index contributed by atoms with van der Waals surface area (Å²) in [7, 11) is 0. The maximum atomic E-state index is 12.5. The number of hydrogen-bond donors (Lipinski definition) is 1. The highest BCUT2D eigenvalue weighted by Gasteiger charge is 2.56. The van der Waals surface area contributed by atoms with Crippen molar-refractivity contribution in [2.45, 2.75) is 44.6 Å². The lowest BCUT2D eigenvalue weighted by atomic mass is 9.98. The molecule has 0 spiro atoms. The van der Waals surface area contributed by atoms with Gasteiger partial charge in [0.05, 0.1) is 18.8 Å². The van der Waals surface area contributed by atoms with Crippen molar-refractivity contribution in [2.24, 2.45) is 5.92 Å². The van der Waals surface area contributed by atoms with Crippen LogP contribution in [-0.2, 0) is 20.9 Å². The Morgan fingerprint density at radius 3 is 2.65 bits per heavy atom. The van der Waals surface area contributed by atoms with E-state index in [-0.39, 0.29) is 25.2 Å². The summed E-state index contributed by atoms with van der Waals surface area (Å²) in [5, 5.41) is 10.1. The van der Waals surface area contributed by atoms with E-state index < -0.39 is 24.2 Å². The first-order valence-corrected chi connectivity index (χ1v) is 7.95. The number of aliphatic hydroxyl groups excluding tert-OH is 1. The highest BCUT2D eigenvalue weighted by molar-refractivity contribution is 5.83. The lowest BCUT2D eigenvalue weighted by Crippen LogP contribution is -2.54. The highest BCUT2D eigenvalue weighted by atomic mass is 16.6. The molecule has 124 valence electrons. The summed E-state index contributed by atoms with van der Waals surface area (Å²) in [4.78, 5) is 26.0. The molecule has 1 aliphatic carbocycles. The smallest absolute Gasteiger partial charge is 0.411 e. The third-order valence-electron chi connectivity index (χ3n) is 4.58. The van der Waals surface area contributed by atoms with Crippen molar-refractivity contribution < 1.29 is 24.2 Å². The predicted molar refractivity (Wildman–Crippen MR) is 81.4 cm³/mol. The molecule has 1 unspecified atom stereocenters. The molecule has 1 aliphatic heterocycles. The molecule has 1 amide bonds. The molecule has 0 radical (unpaired) electrons. The maximum Gasteiger partial charge on any atom is 0.411 e. The van der Waals surface area contributed by atoms with Crippen LogP contribution in [0, 0.1) is 5.92 Å². The van der Waals surface area contributed by atoms with E-state index in [4.69, 9.17) is 9.47 Å². The van der Waals surface area contributed by atoms with Gasteiger partial charge in [0.2, 0.25) is 0 Å². The first kappa shape index (κ1) is 15.8. The van der Waals surface area contributed by atoms with Gasteiger partial charge in [-0.1, -0.05) is 30.3 Å². The summed E-state index contributed by atoms with van der Waals surface area (Å²) in [5.41, 5.74) is 0.874. The molecule has 2 fully saturated rings. The van der Waals surface area contributed by atoms with Gasteiger partial charge in [-0.05, 0) is 31.2 Å². The van der Waals surface area contributed by atoms with Crippen LogP contribution in [0.2, 0.25) is 0 Å². The number of carbonyl (C=O) groups is 2. The summed E-state index contributed by atoms with van der Waals surface area (Å²) in [6.45, 7) is 2.14. The van der Waals surface area contributed by atoms with Crippen LogP contribution in [0.1, 0.15) is 25.3 Å². The van der Waals surface area contributed by atoms with Crippen molar-refractivity contribution in [1.29, 1.82) is 0 Å². The van der Waals surface area contributed by atoms with Crippen molar-refractivity contribution in [1.82, 2.24) is 4.90 Å². The van der Waals surface area contributed by atoms with Gasteiger partial charge in [0.15, 0.2) is 0 Å². The lowest BCUT2D eigenvalue weighted by Gasteiger charge is -2.35. The van der Waals surface area contributed by atoms with E-state index in [2.05, 4.69) is 0 Å². The molecular formula is C17H21NO5. The van der Waals surface area contributed by atoms with Crippen LogP contribution in [-0.4, -0.2) is 46.9 Å². The zero-order valence-electron chi connectivity index (χ0n) is 13.1. The molecule has 0 aromatic heterocycles. The van der Waals surface area contributed by atoms with Gasteiger partial charge in [-0.3, -0.25) is 4.90 Å². The molecule has 6 nitrogen and oxygen atoms in total. The molecule has 1 N–H and O–H groups in total. The van der Waals surface area contributed by atoms with Crippen molar-refractivity contribution in [3.63, 3.8) is 0 Å². The first-order chi connectivity index (χ1) is 11.1. The van der Waals surface area contributed by atoms with Gasteiger partial charge in [-0.15, -0.1) is 0 Å². The van der Waals surface area contributed by atoms with Crippen LogP contribution in [0.15, 0.2) is 30.3 Å². The summed E-state index contributed by atoms with van der Waals surface area (Å²) in [6, 6.07) is 8.34. The van der Waals surface area contributed by atoms with Gasteiger partial charge in [0, 0.05) is 0 Å². The molecule has 2 bridgehead atoms. The Hall–Kier alpha value is -2.08. The number of piperidine rings is 1. The molecular weight excluding hydrogens is 298 g/mol.